The van der Waals surface area contributed by atoms with Crippen molar-refractivity contribution in [1.82, 2.24) is 25.2 Å². The second kappa shape index (κ2) is 7.02. The minimum atomic E-state index is -0.963. The fourth-order valence-electron chi connectivity index (χ4n) is 3.77. The quantitative estimate of drug-likeness (QED) is 0.721. The SMILES string of the molecule is CC(C)n1ncc2ccc(-c3noc(C4CCC(NC(=O)O)CC4)n3)cc21. The fraction of sp³-hybridized carbons (Fsp3) is 0.474. The van der Waals surface area contributed by atoms with Crippen LogP contribution >= 0.6 is 0 Å². The molecule has 142 valence electrons. The zero-order chi connectivity index (χ0) is 19.0. The molecule has 1 aromatic carbocycles. The molecule has 27 heavy (non-hydrogen) atoms. The summed E-state index contributed by atoms with van der Waals surface area (Å²) in [4.78, 5) is 15.4. The Kier molecular flexibility index (Phi) is 4.55. The van der Waals surface area contributed by atoms with E-state index in [0.29, 0.717) is 11.7 Å². The molecule has 1 aliphatic carbocycles. The summed E-state index contributed by atoms with van der Waals surface area (Å²) in [7, 11) is 0. The third kappa shape index (κ3) is 3.51. The van der Waals surface area contributed by atoms with Gasteiger partial charge in [-0.1, -0.05) is 17.3 Å². The normalized spacial score (nSPS) is 20.3. The van der Waals surface area contributed by atoms with Crippen LogP contribution in [-0.2, 0) is 0 Å². The first-order chi connectivity index (χ1) is 13.0. The van der Waals surface area contributed by atoms with Crippen LogP contribution in [0.5, 0.6) is 0 Å². The van der Waals surface area contributed by atoms with Gasteiger partial charge in [-0.3, -0.25) is 4.68 Å². The van der Waals surface area contributed by atoms with Crippen molar-refractivity contribution in [3.05, 3.63) is 30.3 Å². The number of nitrogens with zero attached hydrogens (tertiary/aromatic N) is 4. The van der Waals surface area contributed by atoms with Gasteiger partial charge in [0.25, 0.3) is 0 Å². The molecule has 0 saturated heterocycles. The average Bonchev–Trinajstić information content (AvgIpc) is 3.28. The molecule has 0 bridgehead atoms. The molecule has 1 aliphatic rings. The number of rotatable bonds is 4. The van der Waals surface area contributed by atoms with Crippen LogP contribution in [0.15, 0.2) is 28.9 Å². The van der Waals surface area contributed by atoms with Gasteiger partial charge in [-0.25, -0.2) is 4.79 Å². The summed E-state index contributed by atoms with van der Waals surface area (Å²) in [5, 5.41) is 21.1. The van der Waals surface area contributed by atoms with Gasteiger partial charge in [0.15, 0.2) is 0 Å². The van der Waals surface area contributed by atoms with Crippen molar-refractivity contribution in [3.63, 3.8) is 0 Å². The number of benzene rings is 1. The summed E-state index contributed by atoms with van der Waals surface area (Å²) >= 11 is 0. The molecule has 3 aromatic rings. The van der Waals surface area contributed by atoms with Crippen molar-refractivity contribution < 1.29 is 14.4 Å². The third-order valence-corrected chi connectivity index (χ3v) is 5.19. The summed E-state index contributed by atoms with van der Waals surface area (Å²) in [5.74, 6) is 1.40. The lowest BCUT2D eigenvalue weighted by atomic mass is 9.86. The van der Waals surface area contributed by atoms with Crippen LogP contribution in [0.3, 0.4) is 0 Å². The molecule has 1 saturated carbocycles. The molecule has 0 unspecified atom stereocenters. The van der Waals surface area contributed by atoms with Crippen molar-refractivity contribution in [2.75, 3.05) is 0 Å². The van der Waals surface area contributed by atoms with E-state index >= 15 is 0 Å². The zero-order valence-electron chi connectivity index (χ0n) is 15.4. The van der Waals surface area contributed by atoms with Crippen molar-refractivity contribution in [1.29, 1.82) is 0 Å². The largest absolute Gasteiger partial charge is 0.465 e. The second-order valence-electron chi connectivity index (χ2n) is 7.41. The van der Waals surface area contributed by atoms with E-state index in [-0.39, 0.29) is 18.0 Å². The highest BCUT2D eigenvalue weighted by molar-refractivity contribution is 5.83. The average molecular weight is 369 g/mol. The minimum absolute atomic E-state index is 0.0138. The van der Waals surface area contributed by atoms with Crippen LogP contribution < -0.4 is 5.32 Å². The fourth-order valence-corrected chi connectivity index (χ4v) is 3.77. The molecule has 4 rings (SSSR count). The first-order valence-electron chi connectivity index (χ1n) is 9.32. The lowest BCUT2D eigenvalue weighted by Gasteiger charge is -2.25. The molecular formula is C19H23N5O3. The summed E-state index contributed by atoms with van der Waals surface area (Å²) in [6.07, 6.45) is 4.15. The molecule has 8 heteroatoms. The summed E-state index contributed by atoms with van der Waals surface area (Å²) in [6, 6.07) is 6.34. The predicted octanol–water partition coefficient (Wildman–Crippen LogP) is 3.96. The molecule has 2 N–H and O–H groups in total. The highest BCUT2D eigenvalue weighted by Crippen LogP contribution is 2.33. The van der Waals surface area contributed by atoms with E-state index in [1.165, 1.54) is 0 Å². The van der Waals surface area contributed by atoms with Crippen LogP contribution in [0.1, 0.15) is 57.4 Å². The molecule has 8 nitrogen and oxygen atoms in total. The van der Waals surface area contributed by atoms with Crippen molar-refractivity contribution in [3.8, 4) is 11.4 Å². The van der Waals surface area contributed by atoms with Gasteiger partial charge in [-0.15, -0.1) is 0 Å². The molecule has 0 atom stereocenters. The van der Waals surface area contributed by atoms with E-state index < -0.39 is 6.09 Å². The number of nitrogens with one attached hydrogen (secondary N) is 1. The van der Waals surface area contributed by atoms with E-state index in [1.54, 1.807) is 0 Å². The Morgan fingerprint density at radius 2 is 2.07 bits per heavy atom. The first-order valence-corrected chi connectivity index (χ1v) is 9.32. The third-order valence-electron chi connectivity index (χ3n) is 5.19. The number of aromatic nitrogens is 4. The maximum absolute atomic E-state index is 10.8. The van der Waals surface area contributed by atoms with Gasteiger partial charge in [-0.2, -0.15) is 10.1 Å². The number of amides is 1. The maximum atomic E-state index is 10.8. The van der Waals surface area contributed by atoms with E-state index in [4.69, 9.17) is 9.63 Å². The molecule has 0 spiro atoms. The van der Waals surface area contributed by atoms with Gasteiger partial charge in [0.1, 0.15) is 0 Å². The standard InChI is InChI=1S/C19H23N5O3/c1-11(2)24-16-9-13(3-4-14(16)10-20-24)17-22-18(27-23-17)12-5-7-15(8-6-12)21-19(25)26/h3-4,9-12,15,21H,5-8H2,1-2H3,(H,25,26). The molecule has 1 amide bonds. The topological polar surface area (TPSA) is 106 Å². The van der Waals surface area contributed by atoms with Crippen LogP contribution in [0.25, 0.3) is 22.3 Å². The van der Waals surface area contributed by atoms with E-state index in [2.05, 4.69) is 34.4 Å². The number of carbonyl (C=O) groups is 1. The molecule has 0 radical (unpaired) electrons. The molecule has 0 aliphatic heterocycles. The summed E-state index contributed by atoms with van der Waals surface area (Å²) < 4.78 is 7.51. The Balaban J connectivity index is 1.52. The highest BCUT2D eigenvalue weighted by atomic mass is 16.5. The van der Waals surface area contributed by atoms with Gasteiger partial charge in [0.05, 0.1) is 11.7 Å². The monoisotopic (exact) mass is 369 g/mol. The van der Waals surface area contributed by atoms with Gasteiger partial charge >= 0.3 is 6.09 Å². The lowest BCUT2D eigenvalue weighted by molar-refractivity contribution is 0.183. The molecule has 2 aromatic heterocycles. The minimum Gasteiger partial charge on any atom is -0.465 e. The number of hydrogen-bond acceptors (Lipinski definition) is 5. The van der Waals surface area contributed by atoms with E-state index in [0.717, 1.165) is 42.1 Å². The second-order valence-corrected chi connectivity index (χ2v) is 7.41. The molecule has 1 fully saturated rings. The van der Waals surface area contributed by atoms with Crippen molar-refractivity contribution in [2.24, 2.45) is 0 Å². The van der Waals surface area contributed by atoms with Gasteiger partial charge in [-0.05, 0) is 45.6 Å². The van der Waals surface area contributed by atoms with E-state index in [9.17, 15) is 4.79 Å². The smallest absolute Gasteiger partial charge is 0.404 e. The lowest BCUT2D eigenvalue weighted by Crippen LogP contribution is -2.36. The van der Waals surface area contributed by atoms with E-state index in [1.807, 2.05) is 29.1 Å². The number of carboxylic acid groups (broad SMARTS) is 1. The van der Waals surface area contributed by atoms with Gasteiger partial charge in [0.2, 0.25) is 11.7 Å². The summed E-state index contributed by atoms with van der Waals surface area (Å²) in [6.45, 7) is 4.20. The van der Waals surface area contributed by atoms with Crippen molar-refractivity contribution >= 4 is 17.0 Å². The molecule has 2 heterocycles. The first kappa shape index (κ1) is 17.5. The number of fused-ring (bicyclic) bond motifs is 1. The van der Waals surface area contributed by atoms with Gasteiger partial charge < -0.3 is 14.9 Å². The zero-order valence-corrected chi connectivity index (χ0v) is 15.4. The maximum Gasteiger partial charge on any atom is 0.404 e. The predicted molar refractivity (Wildman–Crippen MR) is 99.6 cm³/mol. The Bertz CT molecular complexity index is 953. The Morgan fingerprint density at radius 1 is 1.30 bits per heavy atom. The van der Waals surface area contributed by atoms with Crippen LogP contribution in [0.2, 0.25) is 0 Å². The van der Waals surface area contributed by atoms with Gasteiger partial charge in [0, 0.05) is 29.0 Å². The Labute approximate surface area is 156 Å². The van der Waals surface area contributed by atoms with Crippen molar-refractivity contribution in [2.45, 2.75) is 57.5 Å². The Hall–Kier alpha value is -2.90. The van der Waals surface area contributed by atoms with Crippen LogP contribution in [-0.4, -0.2) is 37.2 Å². The highest BCUT2D eigenvalue weighted by Gasteiger charge is 2.27. The Morgan fingerprint density at radius 3 is 2.78 bits per heavy atom. The van der Waals surface area contributed by atoms with Crippen LogP contribution in [0.4, 0.5) is 4.79 Å². The number of hydrogen-bond donors (Lipinski definition) is 2. The van der Waals surface area contributed by atoms with Crippen LogP contribution in [0, 0.1) is 0 Å². The molecular weight excluding hydrogens is 346 g/mol. The summed E-state index contributed by atoms with van der Waals surface area (Å²) in [5.41, 5.74) is 1.95.